The molecule has 170 valence electrons. The van der Waals surface area contributed by atoms with Crippen LogP contribution in [0.5, 0.6) is 0 Å². The Balaban J connectivity index is 1.36. The Hall–Kier alpha value is -3.44. The number of fused-ring (bicyclic) bond motifs is 1. The molecule has 0 saturated carbocycles. The zero-order valence-electron chi connectivity index (χ0n) is 19.6. The number of anilines is 2. The monoisotopic (exact) mass is 442 g/mol. The van der Waals surface area contributed by atoms with Crippen molar-refractivity contribution in [2.24, 2.45) is 5.92 Å². The van der Waals surface area contributed by atoms with Gasteiger partial charge in [0.1, 0.15) is 0 Å². The average Bonchev–Trinajstić information content (AvgIpc) is 2.79. The lowest BCUT2D eigenvalue weighted by molar-refractivity contribution is -0.810. The van der Waals surface area contributed by atoms with Gasteiger partial charge in [-0.3, -0.25) is 10.1 Å². The van der Waals surface area contributed by atoms with Gasteiger partial charge in [-0.05, 0) is 65.8 Å². The van der Waals surface area contributed by atoms with E-state index in [9.17, 15) is 9.59 Å². The van der Waals surface area contributed by atoms with E-state index in [2.05, 4.69) is 34.9 Å². The second kappa shape index (κ2) is 9.59. The summed E-state index contributed by atoms with van der Waals surface area (Å²) in [4.78, 5) is 24.2. The molecular formula is C28H32N3O2+. The van der Waals surface area contributed by atoms with Crippen LogP contribution in [0.4, 0.5) is 16.2 Å². The zero-order chi connectivity index (χ0) is 23.4. The number of rotatable bonds is 5. The topological polar surface area (TPSA) is 58.2 Å². The Morgan fingerprint density at radius 1 is 0.818 bits per heavy atom. The molecule has 3 aromatic carbocycles. The van der Waals surface area contributed by atoms with Crippen LogP contribution >= 0.6 is 0 Å². The van der Waals surface area contributed by atoms with Gasteiger partial charge in [0, 0.05) is 24.2 Å². The van der Waals surface area contributed by atoms with Crippen molar-refractivity contribution in [2.45, 2.75) is 26.2 Å². The summed E-state index contributed by atoms with van der Waals surface area (Å²) in [6.45, 7) is 2.31. The summed E-state index contributed by atoms with van der Waals surface area (Å²) in [7, 11) is 3.97. The molecule has 3 amide bonds. The summed E-state index contributed by atoms with van der Waals surface area (Å²) >= 11 is 0. The number of carbonyl (C=O) groups excluding carboxylic acids is 2. The van der Waals surface area contributed by atoms with Crippen LogP contribution in [0.2, 0.25) is 0 Å². The van der Waals surface area contributed by atoms with E-state index < -0.39 is 0 Å². The molecule has 2 N–H and O–H groups in total. The summed E-state index contributed by atoms with van der Waals surface area (Å²) in [6, 6.07) is 24.2. The highest BCUT2D eigenvalue weighted by atomic mass is 16.2. The van der Waals surface area contributed by atoms with E-state index in [-0.39, 0.29) is 11.9 Å². The van der Waals surface area contributed by atoms with Gasteiger partial charge in [-0.15, -0.1) is 0 Å². The fourth-order valence-electron chi connectivity index (χ4n) is 4.63. The Morgan fingerprint density at radius 2 is 1.36 bits per heavy atom. The van der Waals surface area contributed by atoms with Crippen molar-refractivity contribution in [3.63, 3.8) is 0 Å². The molecule has 0 spiro atoms. The number of benzene rings is 3. The van der Waals surface area contributed by atoms with Crippen LogP contribution in [0.1, 0.15) is 24.5 Å². The van der Waals surface area contributed by atoms with Crippen LogP contribution < -0.4 is 10.6 Å². The number of nitrogens with one attached hydrogen (secondary N) is 2. The zero-order valence-corrected chi connectivity index (χ0v) is 19.6. The number of aryl methyl sites for hydroxylation is 1. The van der Waals surface area contributed by atoms with Gasteiger partial charge >= 0.3 is 6.03 Å². The number of urea groups is 1. The van der Waals surface area contributed by atoms with E-state index >= 15 is 0 Å². The van der Waals surface area contributed by atoms with Crippen LogP contribution in [0.15, 0.2) is 72.8 Å². The standard InChI is InChI=1S/C28H31N3O2/c1-20(32)29-26-14-10-23(11-15-26)24-12-16-27(17-13-24)30-28(33)31(2,3)19-21-8-9-22-6-4-5-7-25(22)18-21/h4-7,10-17,21H,8-9,18-19H2,1-3H3,(H-,29,30,32,33)/p+1. The summed E-state index contributed by atoms with van der Waals surface area (Å²) < 4.78 is 0.305. The molecular weight excluding hydrogens is 410 g/mol. The molecule has 0 aromatic heterocycles. The number of amides is 3. The van der Waals surface area contributed by atoms with Crippen molar-refractivity contribution in [2.75, 3.05) is 31.3 Å². The number of quaternary nitrogens is 1. The molecule has 5 heteroatoms. The van der Waals surface area contributed by atoms with E-state index in [0.717, 1.165) is 48.3 Å². The molecule has 1 aliphatic rings. The lowest BCUT2D eigenvalue weighted by atomic mass is 9.83. The molecule has 1 unspecified atom stereocenters. The van der Waals surface area contributed by atoms with E-state index in [4.69, 9.17) is 0 Å². The Kier molecular flexibility index (Phi) is 6.61. The maximum atomic E-state index is 13.1. The van der Waals surface area contributed by atoms with E-state index in [1.54, 1.807) is 0 Å². The minimum atomic E-state index is -0.0857. The first-order valence-electron chi connectivity index (χ1n) is 11.5. The fraction of sp³-hybridized carbons (Fsp3) is 0.286. The Morgan fingerprint density at radius 3 is 1.94 bits per heavy atom. The third kappa shape index (κ3) is 5.68. The van der Waals surface area contributed by atoms with Crippen LogP contribution in [-0.2, 0) is 17.6 Å². The average molecular weight is 443 g/mol. The van der Waals surface area contributed by atoms with Crippen molar-refractivity contribution < 1.29 is 14.1 Å². The lowest BCUT2D eigenvalue weighted by Crippen LogP contribution is -2.51. The van der Waals surface area contributed by atoms with E-state index in [0.29, 0.717) is 10.4 Å². The summed E-state index contributed by atoms with van der Waals surface area (Å²) in [6.07, 6.45) is 3.26. The van der Waals surface area contributed by atoms with Crippen molar-refractivity contribution in [3.05, 3.63) is 83.9 Å². The number of carbonyl (C=O) groups is 2. The molecule has 33 heavy (non-hydrogen) atoms. The molecule has 0 heterocycles. The highest BCUT2D eigenvalue weighted by Gasteiger charge is 2.32. The maximum absolute atomic E-state index is 13.1. The SMILES string of the molecule is CC(=O)Nc1ccc(-c2ccc(NC(=O)[N+](C)(C)CC3CCc4ccccc4C3)cc2)cc1. The van der Waals surface area contributed by atoms with Crippen molar-refractivity contribution in [1.82, 2.24) is 0 Å². The second-order valence-corrected chi connectivity index (χ2v) is 9.51. The molecule has 3 aromatic rings. The smallest absolute Gasteiger partial charge is 0.326 e. The quantitative estimate of drug-likeness (QED) is 0.496. The normalized spacial score (nSPS) is 15.4. The second-order valence-electron chi connectivity index (χ2n) is 9.51. The Labute approximate surface area is 196 Å². The summed E-state index contributed by atoms with van der Waals surface area (Å²) in [5.74, 6) is 0.418. The first kappa shape index (κ1) is 22.7. The number of nitrogens with zero attached hydrogens (tertiary/aromatic N) is 1. The van der Waals surface area contributed by atoms with E-state index in [1.807, 2.05) is 62.6 Å². The van der Waals surface area contributed by atoms with Gasteiger partial charge in [0.05, 0.1) is 20.6 Å². The van der Waals surface area contributed by atoms with Gasteiger partial charge in [0.2, 0.25) is 5.91 Å². The summed E-state index contributed by atoms with van der Waals surface area (Å²) in [5.41, 5.74) is 6.55. The minimum absolute atomic E-state index is 0.00117. The van der Waals surface area contributed by atoms with Crippen molar-refractivity contribution >= 4 is 23.3 Å². The van der Waals surface area contributed by atoms with Crippen LogP contribution in [0, 0.1) is 5.92 Å². The van der Waals surface area contributed by atoms with Crippen LogP contribution in [-0.4, -0.2) is 37.1 Å². The summed E-state index contributed by atoms with van der Waals surface area (Å²) in [5, 5.41) is 5.86. The van der Waals surface area contributed by atoms with Crippen molar-refractivity contribution in [3.8, 4) is 11.1 Å². The molecule has 0 saturated heterocycles. The lowest BCUT2D eigenvalue weighted by Gasteiger charge is -2.33. The van der Waals surface area contributed by atoms with Gasteiger partial charge in [-0.1, -0.05) is 48.5 Å². The number of hydrogen-bond acceptors (Lipinski definition) is 2. The third-order valence-corrected chi connectivity index (χ3v) is 6.39. The molecule has 0 bridgehead atoms. The van der Waals surface area contributed by atoms with Crippen LogP contribution in [0.3, 0.4) is 0 Å². The van der Waals surface area contributed by atoms with E-state index in [1.165, 1.54) is 18.1 Å². The largest absolute Gasteiger partial charge is 0.420 e. The molecule has 0 fully saturated rings. The van der Waals surface area contributed by atoms with Gasteiger partial charge in [0.15, 0.2) is 0 Å². The maximum Gasteiger partial charge on any atom is 0.420 e. The van der Waals surface area contributed by atoms with Gasteiger partial charge in [0.25, 0.3) is 0 Å². The highest BCUT2D eigenvalue weighted by molar-refractivity contribution is 5.89. The van der Waals surface area contributed by atoms with Gasteiger partial charge in [-0.25, -0.2) is 9.28 Å². The predicted molar refractivity (Wildman–Crippen MR) is 134 cm³/mol. The minimum Gasteiger partial charge on any atom is -0.326 e. The van der Waals surface area contributed by atoms with Gasteiger partial charge in [-0.2, -0.15) is 0 Å². The third-order valence-electron chi connectivity index (χ3n) is 6.39. The van der Waals surface area contributed by atoms with Gasteiger partial charge < -0.3 is 5.32 Å². The van der Waals surface area contributed by atoms with Crippen LogP contribution in [0.25, 0.3) is 11.1 Å². The predicted octanol–water partition coefficient (Wildman–Crippen LogP) is 5.73. The molecule has 0 aliphatic heterocycles. The molecule has 5 nitrogen and oxygen atoms in total. The Bertz CT molecular complexity index is 1130. The first-order chi connectivity index (χ1) is 15.8. The molecule has 1 atom stereocenters. The first-order valence-corrected chi connectivity index (χ1v) is 11.5. The molecule has 4 rings (SSSR count). The number of hydrogen-bond donors (Lipinski definition) is 2. The highest BCUT2D eigenvalue weighted by Crippen LogP contribution is 2.28. The molecule has 0 radical (unpaired) electrons. The van der Waals surface area contributed by atoms with Crippen molar-refractivity contribution in [1.29, 1.82) is 0 Å². The molecule has 1 aliphatic carbocycles. The fourth-order valence-corrected chi connectivity index (χ4v) is 4.63.